The largest absolute Gasteiger partial charge is 0.481 e. The van der Waals surface area contributed by atoms with Crippen LogP contribution < -0.4 is 4.74 Å². The van der Waals surface area contributed by atoms with Gasteiger partial charge in [-0.1, -0.05) is 12.2 Å². The maximum absolute atomic E-state index is 13.3. The van der Waals surface area contributed by atoms with Gasteiger partial charge in [0.15, 0.2) is 5.69 Å². The molecule has 1 saturated heterocycles. The molecule has 0 atom stereocenters. The van der Waals surface area contributed by atoms with Crippen molar-refractivity contribution in [2.24, 2.45) is 0 Å². The zero-order valence-corrected chi connectivity index (χ0v) is 21.0. The van der Waals surface area contributed by atoms with Gasteiger partial charge in [-0.15, -0.1) is 0 Å². The molecule has 1 N–H and O–H groups in total. The molecule has 10 nitrogen and oxygen atoms in total. The predicted molar refractivity (Wildman–Crippen MR) is 132 cm³/mol. The summed E-state index contributed by atoms with van der Waals surface area (Å²) in [6, 6.07) is 8.87. The van der Waals surface area contributed by atoms with Crippen molar-refractivity contribution in [3.63, 3.8) is 0 Å². The summed E-state index contributed by atoms with van der Waals surface area (Å²) in [5, 5.41) is 4.61. The third-order valence-electron chi connectivity index (χ3n) is 5.37. The first-order valence-electron chi connectivity index (χ1n) is 11.2. The Kier molecular flexibility index (Phi) is 6.88. The molecule has 2 amide bonds. The van der Waals surface area contributed by atoms with Gasteiger partial charge in [0.25, 0.3) is 5.91 Å². The first-order valence-corrected chi connectivity index (χ1v) is 11.6. The van der Waals surface area contributed by atoms with Crippen molar-refractivity contribution in [1.29, 1.82) is 0 Å². The number of nitrogens with zero attached hydrogens (tertiary/aromatic N) is 5. The number of carbonyl (C=O) groups is 2. The summed E-state index contributed by atoms with van der Waals surface area (Å²) in [7, 11) is 1.55. The van der Waals surface area contributed by atoms with Crippen molar-refractivity contribution in [2.45, 2.75) is 26.4 Å². The fourth-order valence-corrected chi connectivity index (χ4v) is 3.85. The first-order chi connectivity index (χ1) is 16.6. The maximum atomic E-state index is 13.3. The lowest BCUT2D eigenvalue weighted by Crippen LogP contribution is -2.51. The average molecular weight is 497 g/mol. The second kappa shape index (κ2) is 9.87. The van der Waals surface area contributed by atoms with Crippen LogP contribution in [-0.4, -0.2) is 80.4 Å². The molecule has 4 heterocycles. The standard InChI is InChI=1S/C24H28N6O4S/c1-24(2,3)34-23(32)29-11-9-28(10-12-29)22(31)19-14-20(18-13-17(35)7-8-25-18)30(27-19)16-5-6-21(33-4)26-15-16/h5-8,13-15H,9-12H2,1-4H3,(H,25,35). The molecule has 0 spiro atoms. The number of pyridine rings is 2. The molecule has 0 unspecified atom stereocenters. The number of H-pyrrole nitrogens is 1. The van der Waals surface area contributed by atoms with Crippen molar-refractivity contribution in [2.75, 3.05) is 33.3 Å². The number of nitrogens with one attached hydrogen (secondary N) is 1. The molecular weight excluding hydrogens is 468 g/mol. The molecular formula is C24H28N6O4S. The molecule has 184 valence electrons. The van der Waals surface area contributed by atoms with Gasteiger partial charge in [-0.3, -0.25) is 4.79 Å². The molecule has 3 aromatic heterocycles. The molecule has 1 aliphatic heterocycles. The maximum Gasteiger partial charge on any atom is 0.410 e. The third-order valence-corrected chi connectivity index (χ3v) is 5.62. The van der Waals surface area contributed by atoms with Crippen LogP contribution in [0.15, 0.2) is 42.7 Å². The lowest BCUT2D eigenvalue weighted by atomic mass is 10.2. The van der Waals surface area contributed by atoms with E-state index in [0.29, 0.717) is 48.0 Å². The molecule has 1 fully saturated rings. The normalized spacial score (nSPS) is 14.1. The number of amides is 2. The lowest BCUT2D eigenvalue weighted by molar-refractivity contribution is 0.0140. The number of methoxy groups -OCH3 is 1. The van der Waals surface area contributed by atoms with Crippen LogP contribution in [0.1, 0.15) is 31.3 Å². The average Bonchev–Trinajstić information content (AvgIpc) is 3.28. The highest BCUT2D eigenvalue weighted by Gasteiger charge is 2.29. The molecule has 1 aliphatic rings. The fraction of sp³-hybridized carbons (Fsp3) is 0.375. The monoisotopic (exact) mass is 496 g/mol. The molecule has 4 rings (SSSR count). The minimum absolute atomic E-state index is 0.218. The van der Waals surface area contributed by atoms with Crippen LogP contribution in [0, 0.1) is 4.51 Å². The van der Waals surface area contributed by atoms with E-state index in [0.717, 1.165) is 5.69 Å². The Labute approximate surface area is 208 Å². The summed E-state index contributed by atoms with van der Waals surface area (Å²) in [6.07, 6.45) is 3.00. The number of piperazine rings is 1. The number of rotatable bonds is 4. The van der Waals surface area contributed by atoms with Gasteiger partial charge in [-0.2, -0.15) is 5.10 Å². The van der Waals surface area contributed by atoms with E-state index >= 15 is 0 Å². The molecule has 3 aromatic rings. The minimum atomic E-state index is -0.567. The van der Waals surface area contributed by atoms with Crippen molar-refractivity contribution in [3.05, 3.63) is 52.9 Å². The van der Waals surface area contributed by atoms with Crippen LogP contribution in [0.2, 0.25) is 0 Å². The Morgan fingerprint density at radius 2 is 1.77 bits per heavy atom. The van der Waals surface area contributed by atoms with Crippen LogP contribution >= 0.6 is 12.2 Å². The van der Waals surface area contributed by atoms with Gasteiger partial charge in [0.2, 0.25) is 5.88 Å². The SMILES string of the molecule is COc1ccc(-n2nc(C(=O)N3CCN(C(=O)OC(C)(C)C)CC3)cc2-c2cc(=S)cc[nH]2)cn1. The first kappa shape index (κ1) is 24.4. The molecule has 0 aromatic carbocycles. The van der Waals surface area contributed by atoms with E-state index in [-0.39, 0.29) is 17.7 Å². The second-order valence-electron chi connectivity index (χ2n) is 9.08. The molecule has 0 saturated carbocycles. The van der Waals surface area contributed by atoms with E-state index < -0.39 is 5.60 Å². The van der Waals surface area contributed by atoms with E-state index in [9.17, 15) is 9.59 Å². The highest BCUT2D eigenvalue weighted by molar-refractivity contribution is 7.71. The summed E-state index contributed by atoms with van der Waals surface area (Å²) in [6.45, 7) is 7.04. The quantitative estimate of drug-likeness (QED) is 0.549. The summed E-state index contributed by atoms with van der Waals surface area (Å²) in [5.74, 6) is 0.255. The Morgan fingerprint density at radius 3 is 2.37 bits per heavy atom. The van der Waals surface area contributed by atoms with Crippen molar-refractivity contribution in [1.82, 2.24) is 29.5 Å². The van der Waals surface area contributed by atoms with E-state index in [4.69, 9.17) is 21.7 Å². The Bertz CT molecular complexity index is 1270. The van der Waals surface area contributed by atoms with Crippen LogP contribution in [-0.2, 0) is 4.74 Å². The Morgan fingerprint density at radius 1 is 1.06 bits per heavy atom. The van der Waals surface area contributed by atoms with E-state index in [2.05, 4.69) is 15.1 Å². The summed E-state index contributed by atoms with van der Waals surface area (Å²) in [5.41, 5.74) is 1.76. The predicted octanol–water partition coefficient (Wildman–Crippen LogP) is 3.69. The van der Waals surface area contributed by atoms with Gasteiger partial charge >= 0.3 is 6.09 Å². The van der Waals surface area contributed by atoms with Crippen molar-refractivity contribution >= 4 is 24.2 Å². The highest BCUT2D eigenvalue weighted by Crippen LogP contribution is 2.24. The van der Waals surface area contributed by atoms with Gasteiger partial charge in [0.05, 0.1) is 30.4 Å². The lowest BCUT2D eigenvalue weighted by Gasteiger charge is -2.35. The smallest absolute Gasteiger partial charge is 0.410 e. The zero-order valence-electron chi connectivity index (χ0n) is 20.1. The molecule has 0 aliphatic carbocycles. The number of hydrogen-bond acceptors (Lipinski definition) is 7. The zero-order chi connectivity index (χ0) is 25.2. The van der Waals surface area contributed by atoms with E-state index in [1.54, 1.807) is 52.2 Å². The van der Waals surface area contributed by atoms with E-state index in [1.807, 2.05) is 32.9 Å². The third kappa shape index (κ3) is 5.68. The van der Waals surface area contributed by atoms with Gasteiger partial charge in [0.1, 0.15) is 5.60 Å². The topological polar surface area (TPSA) is 106 Å². The number of aromatic nitrogens is 4. The van der Waals surface area contributed by atoms with Crippen molar-refractivity contribution < 1.29 is 19.1 Å². The number of ether oxygens (including phenoxy) is 2. The highest BCUT2D eigenvalue weighted by atomic mass is 32.1. The fourth-order valence-electron chi connectivity index (χ4n) is 3.67. The number of aromatic amines is 1. The van der Waals surface area contributed by atoms with Gasteiger partial charge in [0, 0.05) is 43.0 Å². The Hall–Kier alpha value is -3.73. The van der Waals surface area contributed by atoms with Crippen LogP contribution in [0.25, 0.3) is 17.1 Å². The van der Waals surface area contributed by atoms with Gasteiger partial charge < -0.3 is 24.3 Å². The van der Waals surface area contributed by atoms with Crippen LogP contribution in [0.3, 0.4) is 0 Å². The van der Waals surface area contributed by atoms with Gasteiger partial charge in [-0.25, -0.2) is 14.5 Å². The molecule has 11 heteroatoms. The molecule has 0 radical (unpaired) electrons. The molecule has 0 bridgehead atoms. The Balaban J connectivity index is 1.58. The minimum Gasteiger partial charge on any atom is -0.481 e. The summed E-state index contributed by atoms with van der Waals surface area (Å²) >= 11 is 5.32. The molecule has 35 heavy (non-hydrogen) atoms. The summed E-state index contributed by atoms with van der Waals surface area (Å²) < 4.78 is 12.9. The van der Waals surface area contributed by atoms with E-state index in [1.165, 1.54) is 0 Å². The summed E-state index contributed by atoms with van der Waals surface area (Å²) in [4.78, 5) is 36.4. The van der Waals surface area contributed by atoms with Crippen molar-refractivity contribution in [3.8, 4) is 23.0 Å². The van der Waals surface area contributed by atoms with Gasteiger partial charge in [-0.05, 0) is 45.0 Å². The number of hydrogen-bond donors (Lipinski definition) is 1. The van der Waals surface area contributed by atoms with Crippen LogP contribution in [0.5, 0.6) is 5.88 Å². The second-order valence-corrected chi connectivity index (χ2v) is 9.55. The number of carbonyl (C=O) groups excluding carboxylic acids is 2. The van der Waals surface area contributed by atoms with Crippen LogP contribution in [0.4, 0.5) is 4.79 Å².